The van der Waals surface area contributed by atoms with Crippen LogP contribution in [-0.2, 0) is 6.42 Å². The first-order valence-corrected chi connectivity index (χ1v) is 16.5. The molecule has 47 heavy (non-hydrogen) atoms. The summed E-state index contributed by atoms with van der Waals surface area (Å²) < 4.78 is 6.38. The maximum atomic E-state index is 6.38. The standard InChI is InChI=1S/C46H30O/c1-2-11-30-24-34(21-20-29(30)10-1)31-14-9-15-35(25-31)45-37-16-5-7-18-39(37)46(40-19-8-6-17-38(40)45)36-22-23-43-41(27-36)42-26-32-12-3-4-13-33(32)28-44(42)47-43/h2-9,11-28H,1,10H2. The van der Waals surface area contributed by atoms with Gasteiger partial charge >= 0.3 is 0 Å². The van der Waals surface area contributed by atoms with Crippen LogP contribution in [0.5, 0.6) is 0 Å². The molecule has 220 valence electrons. The Morgan fingerprint density at radius 2 is 1.00 bits per heavy atom. The zero-order chi connectivity index (χ0) is 30.9. The number of allylic oxidation sites excluding steroid dienone is 1. The van der Waals surface area contributed by atoms with Gasteiger partial charge in [-0.15, -0.1) is 0 Å². The molecule has 0 radical (unpaired) electrons. The SMILES string of the molecule is C1=Cc2cc(-c3cccc(-c4c5ccccc5c(-c5ccc6oc7cc8ccccc8cc7c6c5)c5ccccc45)c3)ccc2CC1. The van der Waals surface area contributed by atoms with Crippen molar-refractivity contribution in [2.24, 2.45) is 0 Å². The number of benzene rings is 8. The predicted octanol–water partition coefficient (Wildman–Crippen LogP) is 13.0. The third kappa shape index (κ3) is 4.17. The van der Waals surface area contributed by atoms with Crippen molar-refractivity contribution in [3.05, 3.63) is 163 Å². The van der Waals surface area contributed by atoms with Crippen molar-refractivity contribution in [1.29, 1.82) is 0 Å². The largest absolute Gasteiger partial charge is 0.456 e. The Labute approximate surface area is 273 Å². The molecule has 1 heteroatoms. The molecule has 0 aliphatic heterocycles. The summed E-state index contributed by atoms with van der Waals surface area (Å²) in [5.41, 5.74) is 12.1. The highest BCUT2D eigenvalue weighted by atomic mass is 16.3. The Morgan fingerprint density at radius 1 is 0.404 bits per heavy atom. The average molecular weight is 599 g/mol. The van der Waals surface area contributed by atoms with Crippen LogP contribution in [0.25, 0.3) is 93.7 Å². The molecule has 0 amide bonds. The summed E-state index contributed by atoms with van der Waals surface area (Å²) in [5.74, 6) is 0. The predicted molar refractivity (Wildman–Crippen MR) is 200 cm³/mol. The summed E-state index contributed by atoms with van der Waals surface area (Å²) in [6.45, 7) is 0. The number of aryl methyl sites for hydroxylation is 1. The monoisotopic (exact) mass is 598 g/mol. The fourth-order valence-corrected chi connectivity index (χ4v) is 7.83. The van der Waals surface area contributed by atoms with Gasteiger partial charge in [0.25, 0.3) is 0 Å². The summed E-state index contributed by atoms with van der Waals surface area (Å²) in [4.78, 5) is 0. The van der Waals surface area contributed by atoms with Gasteiger partial charge in [0.2, 0.25) is 0 Å². The maximum absolute atomic E-state index is 6.38. The lowest BCUT2D eigenvalue weighted by Crippen LogP contribution is -1.94. The van der Waals surface area contributed by atoms with Crippen LogP contribution in [0.15, 0.2) is 156 Å². The first-order valence-electron chi connectivity index (χ1n) is 16.5. The van der Waals surface area contributed by atoms with Crippen molar-refractivity contribution in [2.45, 2.75) is 12.8 Å². The van der Waals surface area contributed by atoms with Gasteiger partial charge in [0.15, 0.2) is 0 Å². The lowest BCUT2D eigenvalue weighted by Gasteiger charge is -2.18. The highest BCUT2D eigenvalue weighted by Crippen LogP contribution is 2.45. The molecule has 0 unspecified atom stereocenters. The Bertz CT molecular complexity index is 2680. The van der Waals surface area contributed by atoms with E-state index in [2.05, 4.69) is 158 Å². The second-order valence-electron chi connectivity index (χ2n) is 12.8. The molecule has 0 bridgehead atoms. The van der Waals surface area contributed by atoms with E-state index in [4.69, 9.17) is 4.42 Å². The number of furan rings is 1. The van der Waals surface area contributed by atoms with Gasteiger partial charge in [0.05, 0.1) is 0 Å². The molecule has 1 aliphatic rings. The molecule has 0 N–H and O–H groups in total. The van der Waals surface area contributed by atoms with Crippen LogP contribution in [0.2, 0.25) is 0 Å². The molecular weight excluding hydrogens is 569 g/mol. The van der Waals surface area contributed by atoms with Crippen molar-refractivity contribution in [2.75, 3.05) is 0 Å². The van der Waals surface area contributed by atoms with E-state index < -0.39 is 0 Å². The van der Waals surface area contributed by atoms with Gasteiger partial charge in [-0.2, -0.15) is 0 Å². The molecule has 1 heterocycles. The lowest BCUT2D eigenvalue weighted by molar-refractivity contribution is 0.669. The van der Waals surface area contributed by atoms with Crippen LogP contribution in [0, 0.1) is 0 Å². The molecule has 1 aliphatic carbocycles. The van der Waals surface area contributed by atoms with Crippen molar-refractivity contribution in [3.8, 4) is 33.4 Å². The van der Waals surface area contributed by atoms with Gasteiger partial charge in [-0.05, 0) is 126 Å². The van der Waals surface area contributed by atoms with E-state index in [1.54, 1.807) is 0 Å². The Hall–Kier alpha value is -5.92. The summed E-state index contributed by atoms with van der Waals surface area (Å²) in [5, 5.41) is 9.74. The highest BCUT2D eigenvalue weighted by Gasteiger charge is 2.18. The molecular formula is C46H30O. The van der Waals surface area contributed by atoms with Crippen molar-refractivity contribution < 1.29 is 4.42 Å². The Balaban J connectivity index is 1.20. The molecule has 0 saturated carbocycles. The van der Waals surface area contributed by atoms with Gasteiger partial charge in [-0.25, -0.2) is 0 Å². The third-order valence-electron chi connectivity index (χ3n) is 10.1. The molecule has 0 saturated heterocycles. The second-order valence-corrected chi connectivity index (χ2v) is 12.8. The summed E-state index contributed by atoms with van der Waals surface area (Å²) in [7, 11) is 0. The zero-order valence-corrected chi connectivity index (χ0v) is 25.8. The minimum absolute atomic E-state index is 0.916. The van der Waals surface area contributed by atoms with E-state index in [0.29, 0.717) is 0 Å². The Kier molecular flexibility index (Phi) is 5.77. The molecule has 0 atom stereocenters. The van der Waals surface area contributed by atoms with Crippen molar-refractivity contribution in [3.63, 3.8) is 0 Å². The van der Waals surface area contributed by atoms with E-state index in [0.717, 1.165) is 34.8 Å². The first-order chi connectivity index (χ1) is 23.3. The topological polar surface area (TPSA) is 13.1 Å². The second kappa shape index (κ2) is 10.3. The quantitative estimate of drug-likeness (QED) is 0.184. The first kappa shape index (κ1) is 26.3. The number of rotatable bonds is 3. The summed E-state index contributed by atoms with van der Waals surface area (Å²) in [6, 6.07) is 53.5. The Morgan fingerprint density at radius 3 is 1.74 bits per heavy atom. The van der Waals surface area contributed by atoms with Crippen LogP contribution in [0.3, 0.4) is 0 Å². The van der Waals surface area contributed by atoms with Gasteiger partial charge in [0, 0.05) is 10.8 Å². The smallest absolute Gasteiger partial charge is 0.136 e. The molecule has 8 aromatic carbocycles. The fourth-order valence-electron chi connectivity index (χ4n) is 7.83. The highest BCUT2D eigenvalue weighted by molar-refractivity contribution is 6.22. The van der Waals surface area contributed by atoms with Crippen LogP contribution >= 0.6 is 0 Å². The number of hydrogen-bond acceptors (Lipinski definition) is 1. The molecule has 0 spiro atoms. The van der Waals surface area contributed by atoms with E-state index in [1.807, 2.05) is 0 Å². The van der Waals surface area contributed by atoms with Crippen molar-refractivity contribution in [1.82, 2.24) is 0 Å². The summed E-state index contributed by atoms with van der Waals surface area (Å²) in [6.07, 6.45) is 6.81. The zero-order valence-electron chi connectivity index (χ0n) is 25.8. The van der Waals surface area contributed by atoms with Gasteiger partial charge in [-0.3, -0.25) is 0 Å². The minimum atomic E-state index is 0.916. The minimum Gasteiger partial charge on any atom is -0.456 e. The average Bonchev–Trinajstić information content (AvgIpc) is 3.49. The molecule has 10 rings (SSSR count). The molecule has 0 fully saturated rings. The van der Waals surface area contributed by atoms with E-state index in [1.165, 1.54) is 76.8 Å². The maximum Gasteiger partial charge on any atom is 0.136 e. The van der Waals surface area contributed by atoms with E-state index in [-0.39, 0.29) is 0 Å². The van der Waals surface area contributed by atoms with Crippen LogP contribution in [0.1, 0.15) is 17.5 Å². The molecule has 1 aromatic heterocycles. The van der Waals surface area contributed by atoms with Crippen LogP contribution in [0.4, 0.5) is 0 Å². The fraction of sp³-hybridized carbons (Fsp3) is 0.0435. The van der Waals surface area contributed by atoms with Crippen LogP contribution < -0.4 is 0 Å². The van der Waals surface area contributed by atoms with E-state index >= 15 is 0 Å². The normalized spacial score (nSPS) is 12.9. The lowest BCUT2D eigenvalue weighted by atomic mass is 9.85. The van der Waals surface area contributed by atoms with Gasteiger partial charge in [-0.1, -0.05) is 121 Å². The number of hydrogen-bond donors (Lipinski definition) is 0. The van der Waals surface area contributed by atoms with Gasteiger partial charge < -0.3 is 4.42 Å². The van der Waals surface area contributed by atoms with E-state index in [9.17, 15) is 0 Å². The van der Waals surface area contributed by atoms with Crippen molar-refractivity contribution >= 4 is 60.3 Å². The summed E-state index contributed by atoms with van der Waals surface area (Å²) >= 11 is 0. The van der Waals surface area contributed by atoms with Gasteiger partial charge in [0.1, 0.15) is 11.2 Å². The number of fused-ring (bicyclic) bond motifs is 7. The van der Waals surface area contributed by atoms with Crippen LogP contribution in [-0.4, -0.2) is 0 Å². The molecule has 1 nitrogen and oxygen atoms in total. The third-order valence-corrected chi connectivity index (χ3v) is 10.1. The molecule has 9 aromatic rings.